The molecule has 1 N–H and O–H groups in total. The number of aromatic nitrogens is 5. The van der Waals surface area contributed by atoms with Gasteiger partial charge >= 0.3 is 0 Å². The van der Waals surface area contributed by atoms with Crippen LogP contribution in [0.15, 0.2) is 12.4 Å². The molecule has 0 bridgehead atoms. The smallest absolute Gasteiger partial charge is 0.273 e. The van der Waals surface area contributed by atoms with Crippen LogP contribution in [0.1, 0.15) is 73.4 Å². The molecule has 2 aromatic rings. The number of hydrogen-bond acceptors (Lipinski definition) is 6. The molecule has 150 valence electrons. The summed E-state index contributed by atoms with van der Waals surface area (Å²) in [6.45, 7) is 5.85. The van der Waals surface area contributed by atoms with Gasteiger partial charge in [-0.3, -0.25) is 4.79 Å². The quantitative estimate of drug-likeness (QED) is 0.853. The van der Waals surface area contributed by atoms with Crippen molar-refractivity contribution >= 4 is 11.7 Å². The maximum Gasteiger partial charge on any atom is 0.273 e. The minimum atomic E-state index is -0.106. The summed E-state index contributed by atoms with van der Waals surface area (Å²) in [5, 5.41) is 11.5. The summed E-state index contributed by atoms with van der Waals surface area (Å²) in [7, 11) is 0. The molecule has 0 radical (unpaired) electrons. The van der Waals surface area contributed by atoms with Crippen molar-refractivity contribution in [2.24, 2.45) is 0 Å². The topological polar surface area (TPSA) is 88.8 Å². The minimum absolute atomic E-state index is 0.106. The number of piperidine rings is 1. The highest BCUT2D eigenvalue weighted by atomic mass is 16.2. The number of nitrogens with zero attached hydrogens (tertiary/aromatic N) is 6. The van der Waals surface area contributed by atoms with Crippen LogP contribution in [0, 0.1) is 6.92 Å². The van der Waals surface area contributed by atoms with Gasteiger partial charge in [0.05, 0.1) is 12.2 Å². The fourth-order valence-corrected chi connectivity index (χ4v) is 4.26. The summed E-state index contributed by atoms with van der Waals surface area (Å²) in [4.78, 5) is 23.8. The number of hydrogen-bond donors (Lipinski definition) is 1. The van der Waals surface area contributed by atoms with Crippen molar-refractivity contribution in [1.29, 1.82) is 0 Å². The van der Waals surface area contributed by atoms with Crippen LogP contribution >= 0.6 is 0 Å². The SMILES string of the molecule is CCc1cnc(C)nc1N1CCCC(n2cc(C(=O)NC3CCCC3)nn2)C1. The summed E-state index contributed by atoms with van der Waals surface area (Å²) in [6.07, 6.45) is 11.2. The lowest BCUT2D eigenvalue weighted by Crippen LogP contribution is -2.38. The third-order valence-corrected chi connectivity index (χ3v) is 5.85. The van der Waals surface area contributed by atoms with E-state index in [9.17, 15) is 4.79 Å². The molecule has 2 fully saturated rings. The third kappa shape index (κ3) is 4.00. The van der Waals surface area contributed by atoms with E-state index in [0.717, 1.165) is 56.8 Å². The van der Waals surface area contributed by atoms with Crippen molar-refractivity contribution in [2.75, 3.05) is 18.0 Å². The summed E-state index contributed by atoms with van der Waals surface area (Å²) in [5.41, 5.74) is 1.58. The molecule has 28 heavy (non-hydrogen) atoms. The van der Waals surface area contributed by atoms with Gasteiger partial charge in [0.1, 0.15) is 11.6 Å². The fraction of sp³-hybridized carbons (Fsp3) is 0.650. The van der Waals surface area contributed by atoms with E-state index >= 15 is 0 Å². The Labute approximate surface area is 165 Å². The monoisotopic (exact) mass is 383 g/mol. The van der Waals surface area contributed by atoms with E-state index < -0.39 is 0 Å². The standard InChI is InChI=1S/C20H29N7O/c1-3-15-11-21-14(2)22-19(15)26-10-6-9-17(12-26)27-13-18(24-25-27)20(28)23-16-7-4-5-8-16/h11,13,16-17H,3-10,12H2,1-2H3,(H,23,28). The van der Waals surface area contributed by atoms with Crippen molar-refractivity contribution in [2.45, 2.75) is 70.9 Å². The molecule has 1 aliphatic heterocycles. The average molecular weight is 384 g/mol. The molecule has 1 atom stereocenters. The Kier molecular flexibility index (Phi) is 5.54. The van der Waals surface area contributed by atoms with Crippen molar-refractivity contribution in [1.82, 2.24) is 30.3 Å². The van der Waals surface area contributed by atoms with E-state index in [0.29, 0.717) is 5.69 Å². The van der Waals surface area contributed by atoms with E-state index in [1.807, 2.05) is 17.8 Å². The normalized spacial score (nSPS) is 20.5. The maximum absolute atomic E-state index is 12.4. The minimum Gasteiger partial charge on any atom is -0.354 e. The summed E-state index contributed by atoms with van der Waals surface area (Å²) in [6, 6.07) is 0.477. The van der Waals surface area contributed by atoms with E-state index in [2.05, 4.69) is 32.4 Å². The van der Waals surface area contributed by atoms with Crippen LogP contribution in [0.4, 0.5) is 5.82 Å². The number of aryl methyl sites for hydroxylation is 2. The zero-order valence-corrected chi connectivity index (χ0v) is 16.8. The van der Waals surface area contributed by atoms with Crippen molar-refractivity contribution in [3.8, 4) is 0 Å². The van der Waals surface area contributed by atoms with Crippen LogP contribution in [-0.2, 0) is 6.42 Å². The van der Waals surface area contributed by atoms with Gasteiger partial charge in [0.25, 0.3) is 5.91 Å². The first-order valence-electron chi connectivity index (χ1n) is 10.4. The van der Waals surface area contributed by atoms with E-state index in [-0.39, 0.29) is 18.0 Å². The molecule has 1 unspecified atom stereocenters. The van der Waals surface area contributed by atoms with Crippen molar-refractivity contribution < 1.29 is 4.79 Å². The fourth-order valence-electron chi connectivity index (χ4n) is 4.26. The van der Waals surface area contributed by atoms with Gasteiger partial charge in [-0.1, -0.05) is 25.0 Å². The Morgan fingerprint density at radius 2 is 2.07 bits per heavy atom. The second kappa shape index (κ2) is 8.24. The predicted molar refractivity (Wildman–Crippen MR) is 106 cm³/mol. The molecule has 2 aromatic heterocycles. The number of nitrogens with one attached hydrogen (secondary N) is 1. The average Bonchev–Trinajstić information content (AvgIpc) is 3.40. The van der Waals surface area contributed by atoms with Gasteiger partial charge in [-0.15, -0.1) is 5.10 Å². The predicted octanol–water partition coefficient (Wildman–Crippen LogP) is 2.45. The number of carbonyl (C=O) groups is 1. The van der Waals surface area contributed by atoms with E-state index in [1.54, 1.807) is 6.20 Å². The molecular formula is C20H29N7O. The summed E-state index contributed by atoms with van der Waals surface area (Å²) < 4.78 is 1.86. The largest absolute Gasteiger partial charge is 0.354 e. The molecule has 0 spiro atoms. The zero-order valence-electron chi connectivity index (χ0n) is 16.8. The first kappa shape index (κ1) is 18.8. The van der Waals surface area contributed by atoms with Crippen LogP contribution in [0.3, 0.4) is 0 Å². The van der Waals surface area contributed by atoms with Gasteiger partial charge in [-0.25, -0.2) is 14.6 Å². The third-order valence-electron chi connectivity index (χ3n) is 5.85. The molecule has 4 rings (SSSR count). The number of carbonyl (C=O) groups excluding carboxylic acids is 1. The second-order valence-electron chi connectivity index (χ2n) is 7.90. The molecule has 1 amide bonds. The molecule has 8 heteroatoms. The van der Waals surface area contributed by atoms with E-state index in [4.69, 9.17) is 4.98 Å². The summed E-state index contributed by atoms with van der Waals surface area (Å²) >= 11 is 0. The zero-order chi connectivity index (χ0) is 19.5. The Morgan fingerprint density at radius 3 is 2.86 bits per heavy atom. The van der Waals surface area contributed by atoms with Gasteiger partial charge in [0.15, 0.2) is 5.69 Å². The molecule has 1 saturated carbocycles. The Hall–Kier alpha value is -2.51. The van der Waals surface area contributed by atoms with E-state index in [1.165, 1.54) is 18.4 Å². The van der Waals surface area contributed by atoms with Gasteiger partial charge in [-0.05, 0) is 39.0 Å². The van der Waals surface area contributed by atoms with Crippen LogP contribution in [0.25, 0.3) is 0 Å². The van der Waals surface area contributed by atoms with Gasteiger partial charge in [-0.2, -0.15) is 0 Å². The second-order valence-corrected chi connectivity index (χ2v) is 7.90. The molecule has 2 aliphatic rings. The lowest BCUT2D eigenvalue weighted by molar-refractivity contribution is 0.0932. The van der Waals surface area contributed by atoms with Gasteiger partial charge < -0.3 is 10.2 Å². The maximum atomic E-state index is 12.4. The molecule has 8 nitrogen and oxygen atoms in total. The molecule has 1 aliphatic carbocycles. The first-order valence-corrected chi connectivity index (χ1v) is 10.4. The highest BCUT2D eigenvalue weighted by molar-refractivity contribution is 5.92. The van der Waals surface area contributed by atoms with Gasteiger partial charge in [0.2, 0.25) is 0 Å². The Balaban J connectivity index is 1.46. The Bertz CT molecular complexity index is 828. The van der Waals surface area contributed by atoms with Crippen LogP contribution in [0.5, 0.6) is 0 Å². The van der Waals surface area contributed by atoms with Crippen LogP contribution < -0.4 is 10.2 Å². The Morgan fingerprint density at radius 1 is 1.25 bits per heavy atom. The van der Waals surface area contributed by atoms with Crippen molar-refractivity contribution in [3.05, 3.63) is 29.5 Å². The van der Waals surface area contributed by atoms with Crippen molar-refractivity contribution in [3.63, 3.8) is 0 Å². The number of rotatable bonds is 5. The lowest BCUT2D eigenvalue weighted by atomic mass is 10.0. The molecule has 0 aromatic carbocycles. The molecule has 1 saturated heterocycles. The highest BCUT2D eigenvalue weighted by Crippen LogP contribution is 2.27. The summed E-state index contributed by atoms with van der Waals surface area (Å²) in [5.74, 6) is 1.71. The number of anilines is 1. The number of amides is 1. The first-order chi connectivity index (χ1) is 13.6. The van der Waals surface area contributed by atoms with Crippen LogP contribution in [-0.4, -0.2) is 50.0 Å². The highest BCUT2D eigenvalue weighted by Gasteiger charge is 2.26. The molecule has 3 heterocycles. The van der Waals surface area contributed by atoms with Crippen LogP contribution in [0.2, 0.25) is 0 Å². The molecular weight excluding hydrogens is 354 g/mol. The van der Waals surface area contributed by atoms with Gasteiger partial charge in [0, 0.05) is 30.9 Å². The lowest BCUT2D eigenvalue weighted by Gasteiger charge is -2.34.